The van der Waals surface area contributed by atoms with Crippen LogP contribution in [-0.2, 0) is 9.59 Å². The first-order valence-electron chi connectivity index (χ1n) is 9.56. The maximum Gasteiger partial charge on any atom is 0.163 e. The van der Waals surface area contributed by atoms with Crippen LogP contribution in [0.3, 0.4) is 0 Å². The summed E-state index contributed by atoms with van der Waals surface area (Å²) in [5.74, 6) is -1.17. The molecule has 2 N–H and O–H groups in total. The lowest BCUT2D eigenvalue weighted by molar-refractivity contribution is -0.119. The predicted molar refractivity (Wildman–Crippen MR) is 110 cm³/mol. The van der Waals surface area contributed by atoms with E-state index < -0.39 is 5.92 Å². The minimum Gasteiger partial charge on any atom is -0.512 e. The Morgan fingerprint density at radius 2 is 1.18 bits per heavy atom. The van der Waals surface area contributed by atoms with Gasteiger partial charge in [0.1, 0.15) is 11.5 Å². The summed E-state index contributed by atoms with van der Waals surface area (Å²) in [6, 6.07) is 6.86. The highest BCUT2D eigenvalue weighted by atomic mass is 35.5. The van der Waals surface area contributed by atoms with E-state index in [4.69, 9.17) is 11.6 Å². The molecule has 3 rings (SSSR count). The summed E-state index contributed by atoms with van der Waals surface area (Å²) in [6.45, 7) is 7.72. The van der Waals surface area contributed by atoms with E-state index in [9.17, 15) is 19.8 Å². The standard InChI is InChI=1S/C23H27ClO4/c1-22(2)9-15(25)20(16(26)10-22)19(13-5-7-14(24)8-6-13)21-17(27)11-23(3,4)12-18(21)28/h5-8,19,25,27H,9-12H2,1-4H3. The maximum atomic E-state index is 13.0. The molecule has 0 aromatic heterocycles. The van der Waals surface area contributed by atoms with Crippen LogP contribution in [0.4, 0.5) is 0 Å². The van der Waals surface area contributed by atoms with Gasteiger partial charge in [-0.2, -0.15) is 0 Å². The van der Waals surface area contributed by atoms with Crippen molar-refractivity contribution in [3.05, 3.63) is 57.5 Å². The van der Waals surface area contributed by atoms with Crippen molar-refractivity contribution >= 4 is 23.2 Å². The minimum atomic E-state index is -0.788. The van der Waals surface area contributed by atoms with Crippen LogP contribution >= 0.6 is 11.6 Å². The molecule has 0 saturated heterocycles. The fraction of sp³-hybridized carbons (Fsp3) is 0.478. The largest absolute Gasteiger partial charge is 0.512 e. The smallest absolute Gasteiger partial charge is 0.163 e. The molecular formula is C23H27ClO4. The number of allylic oxidation sites excluding steroid dienone is 4. The van der Waals surface area contributed by atoms with E-state index >= 15 is 0 Å². The molecule has 5 heteroatoms. The molecule has 0 saturated carbocycles. The summed E-state index contributed by atoms with van der Waals surface area (Å²) in [7, 11) is 0. The molecule has 0 unspecified atom stereocenters. The number of aliphatic hydroxyl groups is 2. The number of rotatable bonds is 3. The van der Waals surface area contributed by atoms with Gasteiger partial charge < -0.3 is 10.2 Å². The van der Waals surface area contributed by atoms with Crippen molar-refractivity contribution in [2.24, 2.45) is 10.8 Å². The van der Waals surface area contributed by atoms with Crippen LogP contribution in [0.2, 0.25) is 5.02 Å². The SMILES string of the molecule is CC1(C)CC(=O)C(C(C2=C(O)CC(C)(C)CC2=O)c2ccc(Cl)cc2)=C(O)C1. The van der Waals surface area contributed by atoms with Crippen LogP contribution in [0.25, 0.3) is 0 Å². The molecule has 28 heavy (non-hydrogen) atoms. The number of halogens is 1. The number of ketones is 2. The van der Waals surface area contributed by atoms with Gasteiger partial charge in [-0.3, -0.25) is 9.59 Å². The van der Waals surface area contributed by atoms with E-state index in [2.05, 4.69) is 0 Å². The number of carbonyl (C=O) groups is 2. The van der Waals surface area contributed by atoms with Gasteiger partial charge in [0, 0.05) is 47.8 Å². The van der Waals surface area contributed by atoms with Crippen molar-refractivity contribution in [3.8, 4) is 0 Å². The lowest BCUT2D eigenvalue weighted by atomic mass is 9.67. The average molecular weight is 403 g/mol. The van der Waals surface area contributed by atoms with Crippen molar-refractivity contribution in [1.82, 2.24) is 0 Å². The van der Waals surface area contributed by atoms with Crippen LogP contribution in [0.5, 0.6) is 0 Å². The second kappa shape index (κ2) is 7.07. The molecule has 0 aliphatic heterocycles. The summed E-state index contributed by atoms with van der Waals surface area (Å²) in [5.41, 5.74) is 0.412. The molecule has 0 bridgehead atoms. The summed E-state index contributed by atoms with van der Waals surface area (Å²) < 4.78 is 0. The summed E-state index contributed by atoms with van der Waals surface area (Å²) in [6.07, 6.45) is 1.27. The molecule has 0 atom stereocenters. The first-order chi connectivity index (χ1) is 12.9. The maximum absolute atomic E-state index is 13.0. The highest BCUT2D eigenvalue weighted by molar-refractivity contribution is 6.30. The van der Waals surface area contributed by atoms with Crippen molar-refractivity contribution in [1.29, 1.82) is 0 Å². The first kappa shape index (κ1) is 20.7. The van der Waals surface area contributed by atoms with Gasteiger partial charge in [0.25, 0.3) is 0 Å². The molecule has 4 nitrogen and oxygen atoms in total. The highest BCUT2D eigenvalue weighted by Crippen LogP contribution is 2.47. The zero-order valence-corrected chi connectivity index (χ0v) is 17.6. The van der Waals surface area contributed by atoms with E-state index in [-0.39, 0.29) is 57.9 Å². The summed E-state index contributed by atoms with van der Waals surface area (Å²) >= 11 is 6.02. The monoisotopic (exact) mass is 402 g/mol. The molecular weight excluding hydrogens is 376 g/mol. The zero-order valence-electron chi connectivity index (χ0n) is 16.8. The molecule has 0 spiro atoms. The third-order valence-electron chi connectivity index (χ3n) is 5.57. The Kier molecular flexibility index (Phi) is 5.22. The van der Waals surface area contributed by atoms with Gasteiger partial charge in [0.15, 0.2) is 11.6 Å². The normalized spacial score (nSPS) is 22.2. The van der Waals surface area contributed by atoms with E-state index in [1.165, 1.54) is 0 Å². The highest BCUT2D eigenvalue weighted by Gasteiger charge is 2.43. The Morgan fingerprint density at radius 3 is 1.54 bits per heavy atom. The molecule has 2 aliphatic carbocycles. The number of benzene rings is 1. The fourth-order valence-corrected chi connectivity index (χ4v) is 4.52. The van der Waals surface area contributed by atoms with Crippen LogP contribution in [0.1, 0.15) is 64.9 Å². The van der Waals surface area contributed by atoms with Crippen LogP contribution in [-0.4, -0.2) is 21.8 Å². The summed E-state index contributed by atoms with van der Waals surface area (Å²) in [4.78, 5) is 26.1. The van der Waals surface area contributed by atoms with Crippen LogP contribution in [0, 0.1) is 10.8 Å². The van der Waals surface area contributed by atoms with Crippen molar-refractivity contribution in [2.45, 2.75) is 59.3 Å². The van der Waals surface area contributed by atoms with Gasteiger partial charge in [0.2, 0.25) is 0 Å². The van der Waals surface area contributed by atoms with E-state index in [0.717, 1.165) is 0 Å². The topological polar surface area (TPSA) is 74.6 Å². The van der Waals surface area contributed by atoms with Crippen LogP contribution < -0.4 is 0 Å². The van der Waals surface area contributed by atoms with E-state index in [1.54, 1.807) is 24.3 Å². The molecule has 0 radical (unpaired) electrons. The molecule has 0 amide bonds. The molecule has 0 heterocycles. The lowest BCUT2D eigenvalue weighted by Gasteiger charge is -2.36. The van der Waals surface area contributed by atoms with E-state index in [0.29, 0.717) is 23.4 Å². The first-order valence-corrected chi connectivity index (χ1v) is 9.94. The number of aliphatic hydroxyl groups excluding tert-OH is 2. The van der Waals surface area contributed by atoms with Gasteiger partial charge in [-0.15, -0.1) is 0 Å². The number of hydrogen-bond acceptors (Lipinski definition) is 4. The van der Waals surface area contributed by atoms with Crippen molar-refractivity contribution < 1.29 is 19.8 Å². The van der Waals surface area contributed by atoms with Crippen molar-refractivity contribution in [3.63, 3.8) is 0 Å². The predicted octanol–water partition coefficient (Wildman–Crippen LogP) is 5.83. The summed E-state index contributed by atoms with van der Waals surface area (Å²) in [5, 5.41) is 22.1. The average Bonchev–Trinajstić information content (AvgIpc) is 2.50. The number of Topliss-reactive ketones (excluding diaryl/α,β-unsaturated/α-hetero) is 2. The number of carbonyl (C=O) groups excluding carboxylic acids is 2. The van der Waals surface area contributed by atoms with Gasteiger partial charge in [-0.1, -0.05) is 51.4 Å². The van der Waals surface area contributed by atoms with E-state index in [1.807, 2.05) is 27.7 Å². The van der Waals surface area contributed by atoms with Gasteiger partial charge >= 0.3 is 0 Å². The Hall–Kier alpha value is -2.07. The fourth-order valence-electron chi connectivity index (χ4n) is 4.39. The number of hydrogen-bond donors (Lipinski definition) is 2. The Balaban J connectivity index is 2.22. The second-order valence-electron chi connectivity index (χ2n) is 9.59. The lowest BCUT2D eigenvalue weighted by Crippen LogP contribution is -2.33. The minimum absolute atomic E-state index is 0.000802. The third kappa shape index (κ3) is 4.02. The Labute approximate surface area is 170 Å². The molecule has 1 aromatic carbocycles. The van der Waals surface area contributed by atoms with Gasteiger partial charge in [-0.05, 0) is 28.5 Å². The second-order valence-corrected chi connectivity index (χ2v) is 10.0. The van der Waals surface area contributed by atoms with Gasteiger partial charge in [-0.25, -0.2) is 0 Å². The molecule has 0 fully saturated rings. The van der Waals surface area contributed by atoms with Crippen molar-refractivity contribution in [2.75, 3.05) is 0 Å². The van der Waals surface area contributed by atoms with Crippen LogP contribution in [0.15, 0.2) is 46.9 Å². The third-order valence-corrected chi connectivity index (χ3v) is 5.83. The molecule has 2 aliphatic rings. The van der Waals surface area contributed by atoms with Gasteiger partial charge in [0.05, 0.1) is 0 Å². The molecule has 1 aromatic rings. The quantitative estimate of drug-likeness (QED) is 0.667. The molecule has 150 valence electrons. The zero-order chi connectivity index (χ0) is 20.9. The Bertz CT molecular complexity index is 836. The Morgan fingerprint density at radius 1 is 0.786 bits per heavy atom.